The lowest BCUT2D eigenvalue weighted by molar-refractivity contribution is 0.110. The highest BCUT2D eigenvalue weighted by atomic mass is 16.3. The van der Waals surface area contributed by atoms with Gasteiger partial charge >= 0.3 is 0 Å². The molecule has 0 aliphatic heterocycles. The highest BCUT2D eigenvalue weighted by Gasteiger charge is 2.43. The summed E-state index contributed by atoms with van der Waals surface area (Å²) in [5.41, 5.74) is 1.04. The van der Waals surface area contributed by atoms with Crippen molar-refractivity contribution >= 4 is 0 Å². The fourth-order valence-corrected chi connectivity index (χ4v) is 2.04. The van der Waals surface area contributed by atoms with Crippen molar-refractivity contribution < 1.29 is 5.11 Å². The van der Waals surface area contributed by atoms with Crippen LogP contribution in [0.25, 0.3) is 0 Å². The van der Waals surface area contributed by atoms with E-state index in [1.807, 2.05) is 0 Å². The van der Waals surface area contributed by atoms with E-state index in [1.54, 1.807) is 0 Å². The minimum absolute atomic E-state index is 0.0231. The third-order valence-corrected chi connectivity index (χ3v) is 3.66. The molecular weight excluding hydrogens is 148 g/mol. The molecule has 0 amide bonds. The molecule has 70 valence electrons. The molecule has 1 heteroatoms. The largest absolute Gasteiger partial charge is 0.393 e. The minimum atomic E-state index is -0.0231. The maximum absolute atomic E-state index is 9.80. The van der Waals surface area contributed by atoms with Crippen LogP contribution in [-0.2, 0) is 0 Å². The lowest BCUT2D eigenvalue weighted by Gasteiger charge is -2.18. The van der Waals surface area contributed by atoms with E-state index in [0.29, 0.717) is 10.8 Å². The molecule has 0 aromatic heterocycles. The predicted octanol–water partition coefficient (Wildman–Crippen LogP) is 2.73. The van der Waals surface area contributed by atoms with Gasteiger partial charge in [0.2, 0.25) is 0 Å². The zero-order chi connectivity index (χ0) is 8.82. The van der Waals surface area contributed by atoms with E-state index in [9.17, 15) is 5.11 Å². The van der Waals surface area contributed by atoms with Crippen LogP contribution in [0.1, 0.15) is 52.4 Å². The Bertz CT molecular complexity index is 157. The van der Waals surface area contributed by atoms with Crippen LogP contribution in [0, 0.1) is 10.8 Å². The van der Waals surface area contributed by atoms with Gasteiger partial charge in [0.05, 0.1) is 6.10 Å². The van der Waals surface area contributed by atoms with Gasteiger partial charge in [-0.05, 0) is 49.4 Å². The van der Waals surface area contributed by atoms with Gasteiger partial charge in [0.1, 0.15) is 0 Å². The first-order valence-electron chi connectivity index (χ1n) is 5.20. The first-order chi connectivity index (χ1) is 5.52. The molecule has 2 saturated carbocycles. The Kier molecular flexibility index (Phi) is 1.76. The molecule has 2 rings (SSSR count). The van der Waals surface area contributed by atoms with Gasteiger partial charge in [-0.2, -0.15) is 0 Å². The molecular formula is C11H20O. The van der Waals surface area contributed by atoms with Gasteiger partial charge in [0, 0.05) is 0 Å². The van der Waals surface area contributed by atoms with Crippen molar-refractivity contribution in [2.75, 3.05) is 0 Å². The van der Waals surface area contributed by atoms with Crippen LogP contribution < -0.4 is 0 Å². The number of aliphatic hydroxyl groups is 1. The first kappa shape index (κ1) is 8.55. The predicted molar refractivity (Wildman–Crippen MR) is 49.9 cm³/mol. The summed E-state index contributed by atoms with van der Waals surface area (Å²) in [5.74, 6) is 0. The van der Waals surface area contributed by atoms with Crippen molar-refractivity contribution in [1.29, 1.82) is 0 Å². The Morgan fingerprint density at radius 1 is 1.00 bits per heavy atom. The Hall–Kier alpha value is -0.0400. The molecule has 2 aliphatic rings. The molecule has 1 N–H and O–H groups in total. The third kappa shape index (κ3) is 2.01. The van der Waals surface area contributed by atoms with Crippen molar-refractivity contribution in [3.63, 3.8) is 0 Å². The van der Waals surface area contributed by atoms with E-state index in [2.05, 4.69) is 13.8 Å². The van der Waals surface area contributed by atoms with Crippen LogP contribution in [0.4, 0.5) is 0 Å². The summed E-state index contributed by atoms with van der Waals surface area (Å²) in [5, 5.41) is 9.80. The smallest absolute Gasteiger partial charge is 0.0550 e. The maximum atomic E-state index is 9.80. The molecule has 0 heterocycles. The highest BCUT2D eigenvalue weighted by molar-refractivity contribution is 4.95. The molecule has 0 aromatic carbocycles. The van der Waals surface area contributed by atoms with E-state index in [-0.39, 0.29) is 6.10 Å². The zero-order valence-electron chi connectivity index (χ0n) is 8.27. The molecule has 0 bridgehead atoms. The average Bonchev–Trinajstić information content (AvgIpc) is 2.76. The van der Waals surface area contributed by atoms with Crippen molar-refractivity contribution in [3.05, 3.63) is 0 Å². The number of rotatable bonds is 4. The maximum Gasteiger partial charge on any atom is 0.0550 e. The van der Waals surface area contributed by atoms with Crippen LogP contribution in [0.2, 0.25) is 0 Å². The van der Waals surface area contributed by atoms with Gasteiger partial charge in [0.25, 0.3) is 0 Å². The van der Waals surface area contributed by atoms with Crippen LogP contribution in [0.5, 0.6) is 0 Å². The van der Waals surface area contributed by atoms with Crippen LogP contribution >= 0.6 is 0 Å². The molecule has 2 fully saturated rings. The number of hydrogen-bond donors (Lipinski definition) is 1. The average molecular weight is 168 g/mol. The SMILES string of the molecule is CC1(CC(O)CC2(C)CC2)CC1. The van der Waals surface area contributed by atoms with E-state index < -0.39 is 0 Å². The summed E-state index contributed by atoms with van der Waals surface area (Å²) >= 11 is 0. The quantitative estimate of drug-likeness (QED) is 0.684. The second kappa shape index (κ2) is 2.47. The summed E-state index contributed by atoms with van der Waals surface area (Å²) < 4.78 is 0. The summed E-state index contributed by atoms with van der Waals surface area (Å²) in [6, 6.07) is 0. The van der Waals surface area contributed by atoms with E-state index >= 15 is 0 Å². The molecule has 0 aromatic rings. The Labute approximate surface area is 75.2 Å². The van der Waals surface area contributed by atoms with E-state index in [1.165, 1.54) is 25.7 Å². The molecule has 2 aliphatic carbocycles. The standard InChI is InChI=1S/C11H20O/c1-10(3-4-10)7-9(12)8-11(2)5-6-11/h9,12H,3-8H2,1-2H3. The van der Waals surface area contributed by atoms with E-state index in [0.717, 1.165) is 12.8 Å². The monoisotopic (exact) mass is 168 g/mol. The van der Waals surface area contributed by atoms with Gasteiger partial charge in [-0.25, -0.2) is 0 Å². The second-order valence-corrected chi connectivity index (χ2v) is 5.68. The fourth-order valence-electron chi connectivity index (χ4n) is 2.04. The molecule has 0 spiro atoms. The van der Waals surface area contributed by atoms with Crippen molar-refractivity contribution in [2.24, 2.45) is 10.8 Å². The Balaban J connectivity index is 1.73. The number of hydrogen-bond acceptors (Lipinski definition) is 1. The van der Waals surface area contributed by atoms with Gasteiger partial charge in [0.15, 0.2) is 0 Å². The molecule has 0 radical (unpaired) electrons. The normalized spacial score (nSPS) is 29.0. The lowest BCUT2D eigenvalue weighted by Crippen LogP contribution is -2.16. The van der Waals surface area contributed by atoms with Crippen molar-refractivity contribution in [3.8, 4) is 0 Å². The summed E-state index contributed by atoms with van der Waals surface area (Å²) in [6.45, 7) is 4.59. The first-order valence-corrected chi connectivity index (χ1v) is 5.20. The van der Waals surface area contributed by atoms with Crippen LogP contribution in [0.15, 0.2) is 0 Å². The second-order valence-electron chi connectivity index (χ2n) is 5.68. The van der Waals surface area contributed by atoms with Crippen molar-refractivity contribution in [2.45, 2.75) is 58.5 Å². The topological polar surface area (TPSA) is 20.2 Å². The highest BCUT2D eigenvalue weighted by Crippen LogP contribution is 2.53. The fraction of sp³-hybridized carbons (Fsp3) is 1.00. The van der Waals surface area contributed by atoms with Crippen LogP contribution in [-0.4, -0.2) is 11.2 Å². The molecule has 0 saturated heterocycles. The zero-order valence-corrected chi connectivity index (χ0v) is 8.27. The van der Waals surface area contributed by atoms with Crippen LogP contribution in [0.3, 0.4) is 0 Å². The molecule has 0 unspecified atom stereocenters. The van der Waals surface area contributed by atoms with Gasteiger partial charge in [-0.3, -0.25) is 0 Å². The minimum Gasteiger partial charge on any atom is -0.393 e. The molecule has 0 atom stereocenters. The van der Waals surface area contributed by atoms with E-state index in [4.69, 9.17) is 0 Å². The van der Waals surface area contributed by atoms with Gasteiger partial charge in [-0.15, -0.1) is 0 Å². The Morgan fingerprint density at radius 3 is 1.58 bits per heavy atom. The Morgan fingerprint density at radius 2 is 1.33 bits per heavy atom. The van der Waals surface area contributed by atoms with Crippen molar-refractivity contribution in [1.82, 2.24) is 0 Å². The van der Waals surface area contributed by atoms with Gasteiger partial charge < -0.3 is 5.11 Å². The van der Waals surface area contributed by atoms with Gasteiger partial charge in [-0.1, -0.05) is 13.8 Å². The summed E-state index contributed by atoms with van der Waals surface area (Å²) in [4.78, 5) is 0. The summed E-state index contributed by atoms with van der Waals surface area (Å²) in [7, 11) is 0. The summed E-state index contributed by atoms with van der Waals surface area (Å²) in [6.07, 6.45) is 7.40. The molecule has 1 nitrogen and oxygen atoms in total. The lowest BCUT2D eigenvalue weighted by atomic mass is 9.93. The number of aliphatic hydroxyl groups excluding tert-OH is 1. The molecule has 12 heavy (non-hydrogen) atoms. The third-order valence-electron chi connectivity index (χ3n) is 3.66.